The summed E-state index contributed by atoms with van der Waals surface area (Å²) >= 11 is 0. The smallest absolute Gasteiger partial charge is 0.0745 e. The maximum Gasteiger partial charge on any atom is 0.0745 e. The van der Waals surface area contributed by atoms with E-state index in [-0.39, 0.29) is 12.2 Å². The Bertz CT molecular complexity index is 589. The zero-order valence-corrected chi connectivity index (χ0v) is 11.3. The summed E-state index contributed by atoms with van der Waals surface area (Å²) in [6.45, 7) is 5.93. The number of fused-ring (bicyclic) bond motifs is 1. The van der Waals surface area contributed by atoms with Crippen LogP contribution in [-0.4, -0.2) is 30.3 Å². The number of hydrogen-bond acceptors (Lipinski definition) is 4. The molecular weight excluding hydrogens is 238 g/mol. The molecule has 1 saturated heterocycles. The second-order valence-electron chi connectivity index (χ2n) is 5.24. The molecule has 19 heavy (non-hydrogen) atoms. The van der Waals surface area contributed by atoms with E-state index in [0.29, 0.717) is 0 Å². The van der Waals surface area contributed by atoms with Gasteiger partial charge in [-0.1, -0.05) is 18.2 Å². The van der Waals surface area contributed by atoms with Gasteiger partial charge in [-0.2, -0.15) is 0 Å². The molecule has 1 aliphatic rings. The van der Waals surface area contributed by atoms with E-state index in [9.17, 15) is 0 Å². The number of pyridine rings is 1. The maximum atomic E-state index is 6.16. The molecule has 1 aromatic heterocycles. The first-order valence-electron chi connectivity index (χ1n) is 6.69. The first-order chi connectivity index (χ1) is 9.15. The molecule has 3 rings (SSSR count). The van der Waals surface area contributed by atoms with Gasteiger partial charge in [0.1, 0.15) is 0 Å². The third-order valence-electron chi connectivity index (χ3n) is 3.51. The first kappa shape index (κ1) is 12.2. The Balaban J connectivity index is 2.10. The highest BCUT2D eigenvalue weighted by Gasteiger charge is 2.25. The number of aromatic nitrogens is 1. The van der Waals surface area contributed by atoms with Crippen LogP contribution in [0.5, 0.6) is 0 Å². The first-order valence-corrected chi connectivity index (χ1v) is 6.69. The Morgan fingerprint density at radius 3 is 2.63 bits per heavy atom. The van der Waals surface area contributed by atoms with Crippen molar-refractivity contribution in [3.05, 3.63) is 30.5 Å². The van der Waals surface area contributed by atoms with E-state index in [4.69, 9.17) is 10.5 Å². The van der Waals surface area contributed by atoms with E-state index in [1.165, 1.54) is 0 Å². The number of nitrogen functional groups attached to an aromatic ring is 1. The van der Waals surface area contributed by atoms with Crippen LogP contribution in [-0.2, 0) is 4.74 Å². The normalized spacial score (nSPS) is 23.8. The molecule has 4 heteroatoms. The van der Waals surface area contributed by atoms with Gasteiger partial charge in [0.2, 0.25) is 0 Å². The molecule has 2 atom stereocenters. The zero-order valence-electron chi connectivity index (χ0n) is 11.3. The Kier molecular flexibility index (Phi) is 3.03. The molecule has 0 bridgehead atoms. The minimum atomic E-state index is 0.218. The summed E-state index contributed by atoms with van der Waals surface area (Å²) in [5.41, 5.74) is 8.97. The fourth-order valence-corrected chi connectivity index (χ4v) is 2.86. The molecule has 0 radical (unpaired) electrons. The molecule has 100 valence electrons. The van der Waals surface area contributed by atoms with Crippen molar-refractivity contribution in [2.24, 2.45) is 0 Å². The molecule has 0 aliphatic carbocycles. The van der Waals surface area contributed by atoms with Gasteiger partial charge in [0, 0.05) is 18.5 Å². The van der Waals surface area contributed by atoms with Gasteiger partial charge in [0.25, 0.3) is 0 Å². The van der Waals surface area contributed by atoms with Crippen molar-refractivity contribution in [1.82, 2.24) is 4.98 Å². The average Bonchev–Trinajstić information content (AvgIpc) is 2.37. The fraction of sp³-hybridized carbons (Fsp3) is 0.400. The number of benzene rings is 1. The van der Waals surface area contributed by atoms with E-state index in [1.54, 1.807) is 6.20 Å². The molecule has 1 aliphatic heterocycles. The number of nitrogens with two attached hydrogens (primary N) is 1. The van der Waals surface area contributed by atoms with Crippen LogP contribution in [0.1, 0.15) is 13.8 Å². The van der Waals surface area contributed by atoms with Gasteiger partial charge in [-0.3, -0.25) is 4.98 Å². The number of para-hydroxylation sites is 1. The zero-order chi connectivity index (χ0) is 13.4. The largest absolute Gasteiger partial charge is 0.396 e. The predicted molar refractivity (Wildman–Crippen MR) is 78.4 cm³/mol. The van der Waals surface area contributed by atoms with Crippen molar-refractivity contribution < 1.29 is 4.74 Å². The highest BCUT2D eigenvalue weighted by atomic mass is 16.5. The summed E-state index contributed by atoms with van der Waals surface area (Å²) in [5.74, 6) is 0. The Morgan fingerprint density at radius 2 is 1.89 bits per heavy atom. The van der Waals surface area contributed by atoms with Crippen molar-refractivity contribution in [2.75, 3.05) is 23.7 Å². The average molecular weight is 257 g/mol. The fourth-order valence-electron chi connectivity index (χ4n) is 2.86. The molecule has 1 aromatic carbocycles. The quantitative estimate of drug-likeness (QED) is 0.852. The predicted octanol–water partition coefficient (Wildman–Crippen LogP) is 2.43. The highest BCUT2D eigenvalue weighted by Crippen LogP contribution is 2.33. The molecule has 2 N–H and O–H groups in total. The lowest BCUT2D eigenvalue weighted by Crippen LogP contribution is -2.45. The van der Waals surface area contributed by atoms with Crippen LogP contribution < -0.4 is 10.6 Å². The molecule has 0 saturated carbocycles. The van der Waals surface area contributed by atoms with Gasteiger partial charge in [-0.15, -0.1) is 0 Å². The second kappa shape index (κ2) is 4.70. The minimum Gasteiger partial charge on any atom is -0.396 e. The topological polar surface area (TPSA) is 51.4 Å². The third kappa shape index (κ3) is 2.24. The van der Waals surface area contributed by atoms with Crippen LogP contribution in [0.2, 0.25) is 0 Å². The standard InChI is InChI=1S/C15H19N3O/c1-10-8-18(9-11(2)19-10)15-12-5-3-4-6-14(12)17-7-13(15)16/h3-7,10-11H,8-9,16H2,1-2H3/t10-,11+. The van der Waals surface area contributed by atoms with Crippen molar-refractivity contribution in [2.45, 2.75) is 26.1 Å². The number of rotatable bonds is 1. The van der Waals surface area contributed by atoms with Crippen LogP contribution in [0.3, 0.4) is 0 Å². The van der Waals surface area contributed by atoms with Crippen molar-refractivity contribution in [1.29, 1.82) is 0 Å². The minimum absolute atomic E-state index is 0.218. The Hall–Kier alpha value is -1.81. The summed E-state index contributed by atoms with van der Waals surface area (Å²) in [4.78, 5) is 6.71. The monoisotopic (exact) mass is 257 g/mol. The van der Waals surface area contributed by atoms with Gasteiger partial charge in [0.15, 0.2) is 0 Å². The molecule has 0 unspecified atom stereocenters. The molecule has 0 spiro atoms. The summed E-state index contributed by atoms with van der Waals surface area (Å²) in [5, 5.41) is 1.11. The summed E-state index contributed by atoms with van der Waals surface area (Å²) in [6.07, 6.45) is 2.19. The van der Waals surface area contributed by atoms with Gasteiger partial charge in [-0.05, 0) is 19.9 Å². The number of hydrogen-bond donors (Lipinski definition) is 1. The second-order valence-corrected chi connectivity index (χ2v) is 5.24. The van der Waals surface area contributed by atoms with Crippen LogP contribution in [0.25, 0.3) is 10.9 Å². The van der Waals surface area contributed by atoms with E-state index >= 15 is 0 Å². The van der Waals surface area contributed by atoms with Crippen LogP contribution in [0.4, 0.5) is 11.4 Å². The summed E-state index contributed by atoms with van der Waals surface area (Å²) in [7, 11) is 0. The van der Waals surface area contributed by atoms with Crippen LogP contribution in [0, 0.1) is 0 Å². The number of morpholine rings is 1. The van der Waals surface area contributed by atoms with E-state index in [0.717, 1.165) is 35.4 Å². The van der Waals surface area contributed by atoms with Crippen LogP contribution in [0.15, 0.2) is 30.5 Å². The maximum absolute atomic E-state index is 6.16. The van der Waals surface area contributed by atoms with Crippen molar-refractivity contribution >= 4 is 22.3 Å². The van der Waals surface area contributed by atoms with Crippen molar-refractivity contribution in [3.8, 4) is 0 Å². The number of anilines is 2. The lowest BCUT2D eigenvalue weighted by molar-refractivity contribution is -0.00509. The highest BCUT2D eigenvalue weighted by molar-refractivity contribution is 5.97. The molecule has 0 amide bonds. The Labute approximate surface area is 113 Å². The van der Waals surface area contributed by atoms with E-state index in [2.05, 4.69) is 29.8 Å². The summed E-state index contributed by atoms with van der Waals surface area (Å²) in [6, 6.07) is 8.13. The van der Waals surface area contributed by atoms with Gasteiger partial charge >= 0.3 is 0 Å². The molecule has 2 heterocycles. The summed E-state index contributed by atoms with van der Waals surface area (Å²) < 4.78 is 5.79. The van der Waals surface area contributed by atoms with E-state index in [1.807, 2.05) is 18.2 Å². The van der Waals surface area contributed by atoms with E-state index < -0.39 is 0 Å². The van der Waals surface area contributed by atoms with Gasteiger partial charge in [-0.25, -0.2) is 0 Å². The molecule has 2 aromatic rings. The van der Waals surface area contributed by atoms with Crippen molar-refractivity contribution in [3.63, 3.8) is 0 Å². The lowest BCUT2D eigenvalue weighted by Gasteiger charge is -2.37. The number of ether oxygens (including phenoxy) is 1. The number of nitrogens with zero attached hydrogens (tertiary/aromatic N) is 2. The molecular formula is C15H19N3O. The SMILES string of the molecule is C[C@@H]1CN(c2c(N)cnc3ccccc23)C[C@H](C)O1. The van der Waals surface area contributed by atoms with Gasteiger partial charge in [0.05, 0.1) is 35.3 Å². The third-order valence-corrected chi connectivity index (χ3v) is 3.51. The van der Waals surface area contributed by atoms with Gasteiger partial charge < -0.3 is 15.4 Å². The molecule has 1 fully saturated rings. The molecule has 4 nitrogen and oxygen atoms in total. The van der Waals surface area contributed by atoms with Crippen LogP contribution >= 0.6 is 0 Å². The lowest BCUT2D eigenvalue weighted by atomic mass is 10.1. The Morgan fingerprint density at radius 1 is 1.21 bits per heavy atom.